The van der Waals surface area contributed by atoms with E-state index in [4.69, 9.17) is 0 Å². The molecular weight excluding hydrogens is 277 g/mol. The van der Waals surface area contributed by atoms with Gasteiger partial charge in [0.15, 0.2) is 5.97 Å². The fraction of sp³-hybridized carbons (Fsp3) is 0.500. The first-order valence-corrected chi connectivity index (χ1v) is 1.68. The van der Waals surface area contributed by atoms with Crippen LogP contribution in [-0.4, -0.2) is 13.1 Å². The summed E-state index contributed by atoms with van der Waals surface area (Å²) in [6.07, 6.45) is 1.36. The average Bonchev–Trinajstić information content (AvgIpc) is 1.65. The van der Waals surface area contributed by atoms with Crippen LogP contribution in [0.25, 0.3) is 0 Å². The predicted octanol–water partition coefficient (Wildman–Crippen LogP) is 0.381. The molecule has 0 spiro atoms. The molecule has 0 aromatic rings. The van der Waals surface area contributed by atoms with E-state index in [0.29, 0.717) is 0 Å². The van der Waals surface area contributed by atoms with Gasteiger partial charge in [-0.05, 0) is 0 Å². The third-order valence-corrected chi connectivity index (χ3v) is 0.437. The molecule has 0 radical (unpaired) electrons. The molecule has 3 heteroatoms. The summed E-state index contributed by atoms with van der Waals surface area (Å²) >= 11 is 0. The summed E-state index contributed by atoms with van der Waals surface area (Å²) < 4.78 is 4.20. The second-order valence-corrected chi connectivity index (χ2v) is 0.812. The average molecular weight is 284 g/mol. The Kier molecular flexibility index (Phi) is 8.81. The molecule has 2 nitrogen and oxygen atoms in total. The number of methoxy groups -OCH3 is 1. The Morgan fingerprint density at radius 3 is 2.14 bits per heavy atom. The van der Waals surface area contributed by atoms with Crippen LogP contribution in [0.1, 0.15) is 6.92 Å². The van der Waals surface area contributed by atoms with Crippen molar-refractivity contribution in [2.45, 2.75) is 6.92 Å². The topological polar surface area (TPSA) is 26.3 Å². The van der Waals surface area contributed by atoms with E-state index < -0.39 is 0 Å². The molecule has 46 valence electrons. The van der Waals surface area contributed by atoms with Gasteiger partial charge in [-0.1, -0.05) is 0 Å². The Hall–Kier alpha value is 0.0803. The molecule has 0 aromatic heterocycles. The van der Waals surface area contributed by atoms with Crippen LogP contribution in [0, 0.1) is 6.42 Å². The van der Waals surface area contributed by atoms with Crippen LogP contribution in [0.2, 0.25) is 0 Å². The van der Waals surface area contributed by atoms with E-state index in [1.165, 1.54) is 13.5 Å². The summed E-state index contributed by atoms with van der Waals surface area (Å²) in [6, 6.07) is 0. The molecule has 0 rings (SSSR count). The Balaban J connectivity index is 0. The maximum absolute atomic E-state index is 9.90. The number of ether oxygens (including phenoxy) is 1. The van der Waals surface area contributed by atoms with Crippen LogP contribution in [0.15, 0.2) is 0 Å². The van der Waals surface area contributed by atoms with E-state index in [1.54, 1.807) is 6.92 Å². The van der Waals surface area contributed by atoms with Crippen molar-refractivity contribution in [3.8, 4) is 0 Å². The normalized spacial score (nSPS) is 6.00. The fourth-order valence-corrected chi connectivity index (χ4v) is 0.118. The van der Waals surface area contributed by atoms with Crippen molar-refractivity contribution in [2.75, 3.05) is 7.11 Å². The first kappa shape index (κ1) is 10.1. The molecule has 0 N–H and O–H groups in total. The number of hydrogen-bond acceptors (Lipinski definition) is 2. The maximum atomic E-state index is 9.90. The standard InChI is InChI=1S/C4H7O2.Au/c1-3-4(5)6-2;/h3H,1-2H3;/q-1;+1. The van der Waals surface area contributed by atoms with Crippen molar-refractivity contribution >= 4 is 5.97 Å². The van der Waals surface area contributed by atoms with Crippen molar-refractivity contribution in [3.05, 3.63) is 6.42 Å². The Labute approximate surface area is 58.7 Å². The molecule has 0 amide bonds. The minimum absolute atomic E-state index is 0. The zero-order valence-corrected chi connectivity index (χ0v) is 6.36. The second kappa shape index (κ2) is 6.08. The van der Waals surface area contributed by atoms with E-state index in [1.807, 2.05) is 0 Å². The monoisotopic (exact) mass is 284 g/mol. The van der Waals surface area contributed by atoms with Crippen LogP contribution >= 0.6 is 0 Å². The number of rotatable bonds is 1. The van der Waals surface area contributed by atoms with Gasteiger partial charge >= 0.3 is 22.4 Å². The van der Waals surface area contributed by atoms with Gasteiger partial charge in [-0.25, -0.2) is 0 Å². The minimum atomic E-state index is -0.282. The summed E-state index contributed by atoms with van der Waals surface area (Å²) in [5.41, 5.74) is 0. The molecular formula is C4H7AuO2. The molecule has 0 aliphatic rings. The first-order valence-electron chi connectivity index (χ1n) is 1.68. The number of carbonyl (C=O) groups excluding carboxylic acids is 1. The van der Waals surface area contributed by atoms with Crippen LogP contribution < -0.4 is 0 Å². The molecule has 0 unspecified atom stereocenters. The van der Waals surface area contributed by atoms with Crippen LogP contribution in [-0.2, 0) is 31.9 Å². The van der Waals surface area contributed by atoms with E-state index in [0.717, 1.165) is 0 Å². The Bertz CT molecular complexity index is 47.7. The molecule has 0 saturated heterocycles. The van der Waals surface area contributed by atoms with Crippen LogP contribution in [0.3, 0.4) is 0 Å². The second-order valence-electron chi connectivity index (χ2n) is 0.812. The molecule has 0 heterocycles. The molecule has 0 fully saturated rings. The fourth-order valence-electron chi connectivity index (χ4n) is 0.118. The molecule has 0 saturated carbocycles. The summed E-state index contributed by atoms with van der Waals surface area (Å²) in [5, 5.41) is 0. The van der Waals surface area contributed by atoms with Crippen molar-refractivity contribution < 1.29 is 31.9 Å². The van der Waals surface area contributed by atoms with Crippen molar-refractivity contribution in [1.29, 1.82) is 0 Å². The molecule has 0 atom stereocenters. The molecule has 0 bridgehead atoms. The minimum Gasteiger partial charge on any atom is -0.491 e. The molecule has 0 aliphatic heterocycles. The van der Waals surface area contributed by atoms with Gasteiger partial charge in [-0.2, -0.15) is 6.92 Å². The SMILES string of the molecule is C[CH-]C(=O)OC.[Au+]. The molecule has 0 aliphatic carbocycles. The van der Waals surface area contributed by atoms with Gasteiger partial charge < -0.3 is 4.74 Å². The van der Waals surface area contributed by atoms with Gasteiger partial charge in [0.05, 0.1) is 7.11 Å². The number of hydrogen-bond donors (Lipinski definition) is 0. The quantitative estimate of drug-likeness (QED) is 0.395. The molecule has 7 heavy (non-hydrogen) atoms. The van der Waals surface area contributed by atoms with E-state index in [9.17, 15) is 4.79 Å². The number of carbonyl (C=O) groups is 1. The van der Waals surface area contributed by atoms with Gasteiger partial charge in [-0.3, -0.25) is 11.2 Å². The van der Waals surface area contributed by atoms with Gasteiger partial charge in [0, 0.05) is 0 Å². The summed E-state index contributed by atoms with van der Waals surface area (Å²) in [5.74, 6) is -0.282. The van der Waals surface area contributed by atoms with Gasteiger partial charge in [0.2, 0.25) is 0 Å². The third-order valence-electron chi connectivity index (χ3n) is 0.437. The van der Waals surface area contributed by atoms with Gasteiger partial charge in [-0.15, -0.1) is 0 Å². The van der Waals surface area contributed by atoms with Crippen LogP contribution in [0.4, 0.5) is 0 Å². The van der Waals surface area contributed by atoms with E-state index >= 15 is 0 Å². The van der Waals surface area contributed by atoms with Crippen LogP contribution in [0.5, 0.6) is 0 Å². The summed E-state index contributed by atoms with van der Waals surface area (Å²) in [6.45, 7) is 1.63. The Morgan fingerprint density at radius 2 is 2.14 bits per heavy atom. The maximum Gasteiger partial charge on any atom is 1.00 e. The van der Waals surface area contributed by atoms with Gasteiger partial charge in [0.1, 0.15) is 0 Å². The smallest absolute Gasteiger partial charge is 0.491 e. The number of esters is 1. The predicted molar refractivity (Wildman–Crippen MR) is 22.0 cm³/mol. The van der Waals surface area contributed by atoms with E-state index in [2.05, 4.69) is 4.74 Å². The zero-order chi connectivity index (χ0) is 4.99. The summed E-state index contributed by atoms with van der Waals surface area (Å²) in [4.78, 5) is 9.90. The summed E-state index contributed by atoms with van der Waals surface area (Å²) in [7, 11) is 1.35. The van der Waals surface area contributed by atoms with Gasteiger partial charge in [0.25, 0.3) is 0 Å². The van der Waals surface area contributed by atoms with Crippen molar-refractivity contribution in [2.24, 2.45) is 0 Å². The first-order chi connectivity index (χ1) is 2.81. The third kappa shape index (κ3) is 6.08. The molecule has 0 aromatic carbocycles. The zero-order valence-electron chi connectivity index (χ0n) is 4.20. The van der Waals surface area contributed by atoms with E-state index in [-0.39, 0.29) is 28.3 Å². The van der Waals surface area contributed by atoms with Crippen molar-refractivity contribution in [3.63, 3.8) is 0 Å². The van der Waals surface area contributed by atoms with Crippen molar-refractivity contribution in [1.82, 2.24) is 0 Å². The Morgan fingerprint density at radius 1 is 1.71 bits per heavy atom. The largest absolute Gasteiger partial charge is 1.00 e.